The molecule has 0 aliphatic heterocycles. The lowest BCUT2D eigenvalue weighted by molar-refractivity contribution is 0.564. The van der Waals surface area contributed by atoms with Crippen molar-refractivity contribution in [2.45, 2.75) is 6.42 Å². The second-order valence-electron chi connectivity index (χ2n) is 2.57. The van der Waals surface area contributed by atoms with Crippen LogP contribution in [0.1, 0.15) is 5.56 Å². The fourth-order valence-electron chi connectivity index (χ4n) is 0.942. The highest BCUT2D eigenvalue weighted by Gasteiger charge is 1.95. The number of nitrogens with zero attached hydrogens (tertiary/aromatic N) is 1. The number of hydrogen-bond donors (Lipinski definition) is 0. The Morgan fingerprint density at radius 2 is 2.08 bits per heavy atom. The molecular formula is C10H8FNO. The number of allylic oxidation sites excluding steroid dienone is 1. The van der Waals surface area contributed by atoms with Crippen molar-refractivity contribution in [3.05, 3.63) is 47.9 Å². The third-order valence-corrected chi connectivity index (χ3v) is 1.53. The first-order valence-corrected chi connectivity index (χ1v) is 3.72. The van der Waals surface area contributed by atoms with Crippen LogP contribution in [-0.2, 0) is 11.2 Å². The monoisotopic (exact) mass is 177 g/mol. The Hall–Kier alpha value is -1.73. The van der Waals surface area contributed by atoms with Crippen LogP contribution in [0.3, 0.4) is 0 Å². The number of isocyanates is 1. The lowest BCUT2D eigenvalue weighted by Gasteiger charge is -1.98. The average molecular weight is 177 g/mol. The predicted octanol–water partition coefficient (Wildman–Crippen LogP) is 2.22. The van der Waals surface area contributed by atoms with Crippen LogP contribution in [0, 0.1) is 5.82 Å². The first kappa shape index (κ1) is 9.36. The van der Waals surface area contributed by atoms with E-state index in [0.717, 1.165) is 5.56 Å². The van der Waals surface area contributed by atoms with E-state index in [1.54, 1.807) is 12.1 Å². The lowest BCUT2D eigenvalue weighted by Crippen LogP contribution is -1.86. The van der Waals surface area contributed by atoms with E-state index in [4.69, 9.17) is 0 Å². The van der Waals surface area contributed by atoms with E-state index in [1.807, 2.05) is 0 Å². The maximum atomic E-state index is 12.5. The molecule has 0 saturated carbocycles. The molecule has 1 aromatic carbocycles. The maximum absolute atomic E-state index is 12.5. The molecule has 3 heteroatoms. The Labute approximate surface area is 75.4 Å². The van der Waals surface area contributed by atoms with E-state index in [-0.39, 0.29) is 5.82 Å². The van der Waals surface area contributed by atoms with E-state index in [9.17, 15) is 9.18 Å². The molecule has 0 heterocycles. The summed E-state index contributed by atoms with van der Waals surface area (Å²) in [5, 5.41) is 0. The van der Waals surface area contributed by atoms with Crippen molar-refractivity contribution < 1.29 is 9.18 Å². The van der Waals surface area contributed by atoms with Crippen LogP contribution in [0.5, 0.6) is 0 Å². The second-order valence-corrected chi connectivity index (χ2v) is 2.57. The number of hydrogen-bond acceptors (Lipinski definition) is 2. The Balaban J connectivity index is 2.69. The molecule has 0 atom stereocenters. The van der Waals surface area contributed by atoms with Crippen LogP contribution in [0.4, 0.5) is 4.39 Å². The van der Waals surface area contributed by atoms with E-state index >= 15 is 0 Å². The molecule has 0 bridgehead atoms. The summed E-state index contributed by atoms with van der Waals surface area (Å²) in [6.45, 7) is 3.54. The van der Waals surface area contributed by atoms with Gasteiger partial charge in [-0.15, -0.1) is 0 Å². The molecule has 13 heavy (non-hydrogen) atoms. The molecule has 66 valence electrons. The normalized spacial score (nSPS) is 9.00. The molecule has 0 saturated heterocycles. The molecule has 2 nitrogen and oxygen atoms in total. The molecule has 0 unspecified atom stereocenters. The largest absolute Gasteiger partial charge is 0.240 e. The summed E-state index contributed by atoms with van der Waals surface area (Å²) in [5.41, 5.74) is 1.28. The molecule has 0 amide bonds. The fourth-order valence-corrected chi connectivity index (χ4v) is 0.942. The zero-order valence-corrected chi connectivity index (χ0v) is 6.96. The lowest BCUT2D eigenvalue weighted by atomic mass is 10.1. The van der Waals surface area contributed by atoms with Crippen molar-refractivity contribution in [2.75, 3.05) is 0 Å². The molecule has 1 rings (SSSR count). The van der Waals surface area contributed by atoms with Crippen LogP contribution < -0.4 is 0 Å². The first-order valence-electron chi connectivity index (χ1n) is 3.72. The molecule has 0 fully saturated rings. The number of rotatable bonds is 3. The molecule has 0 N–H and O–H groups in total. The Morgan fingerprint density at radius 1 is 1.46 bits per heavy atom. The second kappa shape index (κ2) is 4.33. The summed E-state index contributed by atoms with van der Waals surface area (Å²) in [6.07, 6.45) is 1.84. The maximum Gasteiger partial charge on any atom is 0.240 e. The molecule has 0 aliphatic rings. The highest BCUT2D eigenvalue weighted by molar-refractivity contribution is 5.37. The van der Waals surface area contributed by atoms with Gasteiger partial charge in [0.15, 0.2) is 0 Å². The van der Waals surface area contributed by atoms with Crippen molar-refractivity contribution in [2.24, 2.45) is 4.99 Å². The van der Waals surface area contributed by atoms with Gasteiger partial charge in [0.25, 0.3) is 0 Å². The fraction of sp³-hybridized carbons (Fsp3) is 0.100. The minimum absolute atomic E-state index is 0.284. The van der Waals surface area contributed by atoms with Crippen molar-refractivity contribution in [1.82, 2.24) is 0 Å². The van der Waals surface area contributed by atoms with Gasteiger partial charge in [0.05, 0.1) is 5.70 Å². The summed E-state index contributed by atoms with van der Waals surface area (Å²) < 4.78 is 12.5. The summed E-state index contributed by atoms with van der Waals surface area (Å²) in [4.78, 5) is 13.2. The van der Waals surface area contributed by atoms with E-state index < -0.39 is 0 Å². The van der Waals surface area contributed by atoms with Gasteiger partial charge in [-0.2, -0.15) is 4.99 Å². The van der Waals surface area contributed by atoms with E-state index in [1.165, 1.54) is 18.2 Å². The van der Waals surface area contributed by atoms with Crippen LogP contribution in [0.15, 0.2) is 41.5 Å². The Kier molecular flexibility index (Phi) is 3.12. The van der Waals surface area contributed by atoms with Crippen molar-refractivity contribution in [1.29, 1.82) is 0 Å². The standard InChI is InChI=1S/C10H8FNO/c1-8(12-7-13)6-9-2-4-10(11)5-3-9/h2-5H,1,6H2. The van der Waals surface area contributed by atoms with Crippen LogP contribution in [-0.4, -0.2) is 6.08 Å². The van der Waals surface area contributed by atoms with Gasteiger partial charge in [-0.3, -0.25) is 0 Å². The molecular weight excluding hydrogens is 169 g/mol. The third-order valence-electron chi connectivity index (χ3n) is 1.53. The van der Waals surface area contributed by atoms with Crippen LogP contribution >= 0.6 is 0 Å². The summed E-state index contributed by atoms with van der Waals surface area (Å²) in [6, 6.07) is 5.96. The molecule has 0 aromatic heterocycles. The van der Waals surface area contributed by atoms with Gasteiger partial charge in [-0.25, -0.2) is 9.18 Å². The highest BCUT2D eigenvalue weighted by atomic mass is 19.1. The van der Waals surface area contributed by atoms with Crippen LogP contribution in [0.2, 0.25) is 0 Å². The summed E-state index contributed by atoms with van der Waals surface area (Å²) in [5.74, 6) is -0.284. The first-order chi connectivity index (χ1) is 6.22. The van der Waals surface area contributed by atoms with Gasteiger partial charge < -0.3 is 0 Å². The Morgan fingerprint density at radius 3 is 2.62 bits per heavy atom. The van der Waals surface area contributed by atoms with Gasteiger partial charge in [0, 0.05) is 6.42 Å². The van der Waals surface area contributed by atoms with Gasteiger partial charge in [-0.1, -0.05) is 18.7 Å². The zero-order valence-electron chi connectivity index (χ0n) is 6.96. The number of benzene rings is 1. The predicted molar refractivity (Wildman–Crippen MR) is 47.4 cm³/mol. The minimum atomic E-state index is -0.284. The summed E-state index contributed by atoms with van der Waals surface area (Å²) >= 11 is 0. The average Bonchev–Trinajstić information content (AvgIpc) is 2.09. The van der Waals surface area contributed by atoms with Gasteiger partial charge >= 0.3 is 0 Å². The van der Waals surface area contributed by atoms with Gasteiger partial charge in [0.1, 0.15) is 5.82 Å². The number of aliphatic imine (C=N–C) groups is 1. The Bertz CT molecular complexity index is 350. The van der Waals surface area contributed by atoms with Gasteiger partial charge in [-0.05, 0) is 17.7 Å². The molecule has 1 aromatic rings. The topological polar surface area (TPSA) is 29.4 Å². The van der Waals surface area contributed by atoms with Crippen molar-refractivity contribution in [3.8, 4) is 0 Å². The third kappa shape index (κ3) is 3.01. The molecule has 0 aliphatic carbocycles. The van der Waals surface area contributed by atoms with E-state index in [0.29, 0.717) is 12.1 Å². The van der Waals surface area contributed by atoms with Crippen molar-refractivity contribution >= 4 is 6.08 Å². The number of carbonyl (C=O) groups excluding carboxylic acids is 1. The quantitative estimate of drug-likeness (QED) is 0.514. The molecule has 0 spiro atoms. The minimum Gasteiger partial charge on any atom is -0.211 e. The molecule has 0 radical (unpaired) electrons. The SMILES string of the molecule is C=C(Cc1ccc(F)cc1)N=C=O. The van der Waals surface area contributed by atoms with Gasteiger partial charge in [0.2, 0.25) is 6.08 Å². The highest BCUT2D eigenvalue weighted by Crippen LogP contribution is 2.08. The van der Waals surface area contributed by atoms with E-state index in [2.05, 4.69) is 11.6 Å². The van der Waals surface area contributed by atoms with Crippen LogP contribution in [0.25, 0.3) is 0 Å². The smallest absolute Gasteiger partial charge is 0.211 e. The zero-order chi connectivity index (χ0) is 9.68. The van der Waals surface area contributed by atoms with Crippen molar-refractivity contribution in [3.63, 3.8) is 0 Å². The summed E-state index contributed by atoms with van der Waals surface area (Å²) in [7, 11) is 0. The number of halogens is 1.